The molecule has 1 aliphatic carbocycles. The standard InChI is InChI=1S/C12H21NO6S/c1-18-12(15)10-3-2-4-11(10)20(16,17)13-5-6-19-8-9(13)7-14/h9-11,14H,2-8H2,1H3. The Morgan fingerprint density at radius 3 is 2.85 bits per heavy atom. The molecule has 1 heterocycles. The first-order valence-electron chi connectivity index (χ1n) is 6.79. The highest BCUT2D eigenvalue weighted by Crippen LogP contribution is 2.34. The van der Waals surface area contributed by atoms with E-state index in [1.165, 1.54) is 11.4 Å². The molecule has 0 aromatic rings. The van der Waals surface area contributed by atoms with E-state index in [9.17, 15) is 18.3 Å². The lowest BCUT2D eigenvalue weighted by Crippen LogP contribution is -2.54. The van der Waals surface area contributed by atoms with Gasteiger partial charge in [-0.05, 0) is 12.8 Å². The maximum Gasteiger partial charge on any atom is 0.310 e. The lowest BCUT2D eigenvalue weighted by molar-refractivity contribution is -0.145. The van der Waals surface area contributed by atoms with Crippen molar-refractivity contribution in [3.63, 3.8) is 0 Å². The molecule has 2 fully saturated rings. The van der Waals surface area contributed by atoms with Gasteiger partial charge in [0.25, 0.3) is 0 Å². The third-order valence-electron chi connectivity index (χ3n) is 4.05. The number of rotatable bonds is 4. The summed E-state index contributed by atoms with van der Waals surface area (Å²) in [5.41, 5.74) is 0. The van der Waals surface area contributed by atoms with Crippen LogP contribution < -0.4 is 0 Å². The minimum atomic E-state index is -3.63. The highest BCUT2D eigenvalue weighted by atomic mass is 32.2. The van der Waals surface area contributed by atoms with E-state index in [0.29, 0.717) is 25.9 Å². The van der Waals surface area contributed by atoms with E-state index in [1.54, 1.807) is 0 Å². The van der Waals surface area contributed by atoms with Crippen molar-refractivity contribution in [2.45, 2.75) is 30.6 Å². The van der Waals surface area contributed by atoms with Gasteiger partial charge in [-0.2, -0.15) is 4.31 Å². The first-order chi connectivity index (χ1) is 9.52. The predicted molar refractivity (Wildman–Crippen MR) is 70.5 cm³/mol. The van der Waals surface area contributed by atoms with Crippen molar-refractivity contribution in [1.82, 2.24) is 4.31 Å². The van der Waals surface area contributed by atoms with Crippen LogP contribution in [-0.4, -0.2) is 68.6 Å². The fourth-order valence-corrected chi connectivity index (χ4v) is 5.34. The summed E-state index contributed by atoms with van der Waals surface area (Å²) in [4.78, 5) is 11.7. The Morgan fingerprint density at radius 2 is 2.20 bits per heavy atom. The number of methoxy groups -OCH3 is 1. The van der Waals surface area contributed by atoms with Crippen molar-refractivity contribution in [2.75, 3.05) is 33.5 Å². The molecule has 1 aliphatic heterocycles. The molecule has 20 heavy (non-hydrogen) atoms. The number of hydrogen-bond acceptors (Lipinski definition) is 6. The number of sulfonamides is 1. The van der Waals surface area contributed by atoms with Gasteiger partial charge in [0.2, 0.25) is 10.0 Å². The number of morpholine rings is 1. The minimum absolute atomic E-state index is 0.186. The molecular weight excluding hydrogens is 286 g/mol. The molecule has 2 aliphatic rings. The van der Waals surface area contributed by atoms with Crippen LogP contribution in [0.5, 0.6) is 0 Å². The summed E-state index contributed by atoms with van der Waals surface area (Å²) < 4.78 is 36.7. The maximum absolute atomic E-state index is 12.7. The molecular formula is C12H21NO6S. The van der Waals surface area contributed by atoms with Crippen molar-refractivity contribution in [3.8, 4) is 0 Å². The second-order valence-electron chi connectivity index (χ2n) is 5.17. The number of hydrogen-bond donors (Lipinski definition) is 1. The van der Waals surface area contributed by atoms with Crippen molar-refractivity contribution < 1.29 is 27.8 Å². The third kappa shape index (κ3) is 2.83. The van der Waals surface area contributed by atoms with Crippen LogP contribution in [-0.2, 0) is 24.3 Å². The number of ether oxygens (including phenoxy) is 2. The summed E-state index contributed by atoms with van der Waals surface area (Å²) >= 11 is 0. The van der Waals surface area contributed by atoms with Gasteiger partial charge in [0.05, 0.1) is 44.1 Å². The zero-order valence-electron chi connectivity index (χ0n) is 11.5. The Morgan fingerprint density at radius 1 is 1.45 bits per heavy atom. The third-order valence-corrected chi connectivity index (χ3v) is 6.51. The van der Waals surface area contributed by atoms with Gasteiger partial charge in [-0.15, -0.1) is 0 Å². The molecule has 0 spiro atoms. The molecule has 116 valence electrons. The number of aliphatic hydroxyl groups is 1. The fraction of sp³-hybridized carbons (Fsp3) is 0.917. The van der Waals surface area contributed by atoms with E-state index in [-0.39, 0.29) is 19.8 Å². The second kappa shape index (κ2) is 6.38. The first kappa shape index (κ1) is 15.7. The highest BCUT2D eigenvalue weighted by molar-refractivity contribution is 7.89. The number of aliphatic hydroxyl groups excluding tert-OH is 1. The molecule has 3 unspecified atom stereocenters. The summed E-state index contributed by atoms with van der Waals surface area (Å²) in [6.07, 6.45) is 1.68. The number of esters is 1. The summed E-state index contributed by atoms with van der Waals surface area (Å²) in [6.45, 7) is 0.434. The van der Waals surface area contributed by atoms with Gasteiger partial charge >= 0.3 is 5.97 Å². The predicted octanol–water partition coefficient (Wildman–Crippen LogP) is -0.649. The summed E-state index contributed by atoms with van der Waals surface area (Å²) in [7, 11) is -2.36. The lowest BCUT2D eigenvalue weighted by atomic mass is 10.1. The Labute approximate surface area is 118 Å². The van der Waals surface area contributed by atoms with Crippen molar-refractivity contribution in [3.05, 3.63) is 0 Å². The molecule has 0 bridgehead atoms. The molecule has 0 aromatic carbocycles. The van der Waals surface area contributed by atoms with Crippen LogP contribution in [0.3, 0.4) is 0 Å². The largest absolute Gasteiger partial charge is 0.469 e. The quantitative estimate of drug-likeness (QED) is 0.694. The Hall–Kier alpha value is -0.700. The molecule has 1 saturated heterocycles. The lowest BCUT2D eigenvalue weighted by Gasteiger charge is -2.36. The zero-order chi connectivity index (χ0) is 14.8. The van der Waals surface area contributed by atoms with E-state index in [0.717, 1.165) is 0 Å². The summed E-state index contributed by atoms with van der Waals surface area (Å²) in [6, 6.07) is -0.562. The Bertz CT molecular complexity index is 451. The Kier molecular flexibility index (Phi) is 5.00. The van der Waals surface area contributed by atoms with Crippen LogP contribution in [0.15, 0.2) is 0 Å². The van der Waals surface area contributed by atoms with Crippen LogP contribution in [0, 0.1) is 5.92 Å². The molecule has 7 nitrogen and oxygen atoms in total. The number of carbonyl (C=O) groups excluding carboxylic acids is 1. The molecule has 8 heteroatoms. The van der Waals surface area contributed by atoms with Crippen LogP contribution in [0.25, 0.3) is 0 Å². The van der Waals surface area contributed by atoms with Gasteiger partial charge < -0.3 is 14.6 Å². The minimum Gasteiger partial charge on any atom is -0.469 e. The van der Waals surface area contributed by atoms with Gasteiger partial charge in [-0.25, -0.2) is 8.42 Å². The molecule has 3 atom stereocenters. The number of nitrogens with zero attached hydrogens (tertiary/aromatic N) is 1. The monoisotopic (exact) mass is 307 g/mol. The molecule has 0 aromatic heterocycles. The van der Waals surface area contributed by atoms with E-state index in [1.807, 2.05) is 0 Å². The summed E-state index contributed by atoms with van der Waals surface area (Å²) in [5, 5.41) is 8.56. The first-order valence-corrected chi connectivity index (χ1v) is 8.29. The van der Waals surface area contributed by atoms with Gasteiger partial charge in [0.15, 0.2) is 0 Å². The number of carbonyl (C=O) groups is 1. The maximum atomic E-state index is 12.7. The molecule has 1 N–H and O–H groups in total. The molecule has 0 radical (unpaired) electrons. The van der Waals surface area contributed by atoms with Crippen molar-refractivity contribution in [2.24, 2.45) is 5.92 Å². The second-order valence-corrected chi connectivity index (χ2v) is 7.27. The van der Waals surface area contributed by atoms with Gasteiger partial charge in [0, 0.05) is 6.54 Å². The smallest absolute Gasteiger partial charge is 0.310 e. The highest BCUT2D eigenvalue weighted by Gasteiger charge is 2.46. The molecule has 0 amide bonds. The van der Waals surface area contributed by atoms with Crippen LogP contribution in [0.1, 0.15) is 19.3 Å². The molecule has 1 saturated carbocycles. The normalized spacial score (nSPS) is 32.2. The fourth-order valence-electron chi connectivity index (χ4n) is 3.00. The average molecular weight is 307 g/mol. The van der Waals surface area contributed by atoms with Crippen molar-refractivity contribution in [1.29, 1.82) is 0 Å². The Balaban J connectivity index is 2.22. The van der Waals surface area contributed by atoms with Crippen LogP contribution >= 0.6 is 0 Å². The van der Waals surface area contributed by atoms with E-state index in [4.69, 9.17) is 9.47 Å². The van der Waals surface area contributed by atoms with E-state index in [2.05, 4.69) is 0 Å². The van der Waals surface area contributed by atoms with Crippen LogP contribution in [0.2, 0.25) is 0 Å². The van der Waals surface area contributed by atoms with E-state index < -0.39 is 33.2 Å². The van der Waals surface area contributed by atoms with Gasteiger partial charge in [-0.1, -0.05) is 6.42 Å². The SMILES string of the molecule is COC(=O)C1CCCC1S(=O)(=O)N1CCOCC1CO. The van der Waals surface area contributed by atoms with E-state index >= 15 is 0 Å². The topological polar surface area (TPSA) is 93.1 Å². The van der Waals surface area contributed by atoms with Crippen LogP contribution in [0.4, 0.5) is 0 Å². The van der Waals surface area contributed by atoms with Gasteiger partial charge in [0.1, 0.15) is 0 Å². The molecule has 2 rings (SSSR count). The van der Waals surface area contributed by atoms with Crippen molar-refractivity contribution >= 4 is 16.0 Å². The summed E-state index contributed by atoms with van der Waals surface area (Å²) in [5.74, 6) is -1.07. The average Bonchev–Trinajstić information content (AvgIpc) is 2.96. The van der Waals surface area contributed by atoms with Gasteiger partial charge in [-0.3, -0.25) is 4.79 Å². The zero-order valence-corrected chi connectivity index (χ0v) is 12.3.